The smallest absolute Gasteiger partial charge is 0.163 e. The van der Waals surface area contributed by atoms with Crippen molar-refractivity contribution in [1.29, 1.82) is 0 Å². The van der Waals surface area contributed by atoms with E-state index in [0.717, 1.165) is 6.07 Å². The van der Waals surface area contributed by atoms with Crippen LogP contribution in [0.4, 0.5) is 8.78 Å². The maximum Gasteiger partial charge on any atom is 0.163 e. The van der Waals surface area contributed by atoms with Crippen molar-refractivity contribution < 1.29 is 18.6 Å². The third kappa shape index (κ3) is 4.38. The van der Waals surface area contributed by atoms with Gasteiger partial charge in [-0.05, 0) is 6.07 Å². The zero-order valence-electron chi connectivity index (χ0n) is 9.83. The molecule has 0 amide bonds. The molecule has 3 nitrogen and oxygen atoms in total. The van der Waals surface area contributed by atoms with Crippen molar-refractivity contribution in [2.75, 3.05) is 33.4 Å². The lowest BCUT2D eigenvalue weighted by Crippen LogP contribution is -2.30. The Balaban J connectivity index is 2.67. The largest absolute Gasteiger partial charge is 0.395 e. The first kappa shape index (κ1) is 14.0. The second-order valence-electron chi connectivity index (χ2n) is 3.71. The molecule has 0 aromatic heterocycles. The number of ether oxygens (including phenoxy) is 1. The number of rotatable bonds is 7. The summed E-state index contributed by atoms with van der Waals surface area (Å²) in [5, 5.41) is 8.89. The molecule has 0 fully saturated rings. The van der Waals surface area contributed by atoms with E-state index in [9.17, 15) is 8.78 Å². The monoisotopic (exact) mass is 245 g/mol. The lowest BCUT2D eigenvalue weighted by atomic mass is 10.2. The minimum absolute atomic E-state index is 0.0271. The Labute approximate surface area is 99.6 Å². The van der Waals surface area contributed by atoms with Gasteiger partial charge in [-0.2, -0.15) is 0 Å². The van der Waals surface area contributed by atoms with Crippen LogP contribution in [0.2, 0.25) is 0 Å². The van der Waals surface area contributed by atoms with E-state index in [1.807, 2.05) is 0 Å². The number of aliphatic hydroxyl groups excluding tert-OH is 1. The minimum atomic E-state index is -0.849. The first-order chi connectivity index (χ1) is 8.19. The van der Waals surface area contributed by atoms with Crippen LogP contribution in [-0.2, 0) is 11.3 Å². The summed E-state index contributed by atoms with van der Waals surface area (Å²) in [6.45, 7) is 1.68. The molecule has 17 heavy (non-hydrogen) atoms. The van der Waals surface area contributed by atoms with Crippen molar-refractivity contribution in [2.45, 2.75) is 6.54 Å². The first-order valence-corrected chi connectivity index (χ1v) is 5.44. The minimum Gasteiger partial charge on any atom is -0.395 e. The fourth-order valence-electron chi connectivity index (χ4n) is 1.54. The fraction of sp³-hybridized carbons (Fsp3) is 0.500. The van der Waals surface area contributed by atoms with Gasteiger partial charge in [0.15, 0.2) is 11.6 Å². The maximum atomic E-state index is 13.4. The van der Waals surface area contributed by atoms with E-state index in [1.165, 1.54) is 12.1 Å². The van der Waals surface area contributed by atoms with Crippen LogP contribution in [0.5, 0.6) is 0 Å². The Hall–Kier alpha value is -1.04. The fourth-order valence-corrected chi connectivity index (χ4v) is 1.54. The molecule has 0 saturated heterocycles. The van der Waals surface area contributed by atoms with E-state index in [-0.39, 0.29) is 18.7 Å². The number of hydrogen-bond acceptors (Lipinski definition) is 3. The quantitative estimate of drug-likeness (QED) is 0.788. The molecule has 1 N–H and O–H groups in total. The van der Waals surface area contributed by atoms with Crippen molar-refractivity contribution in [1.82, 2.24) is 4.90 Å². The number of hydrogen-bond donors (Lipinski definition) is 1. The summed E-state index contributed by atoms with van der Waals surface area (Å²) in [5.74, 6) is -1.67. The summed E-state index contributed by atoms with van der Waals surface area (Å²) in [6, 6.07) is 4.10. The van der Waals surface area contributed by atoms with Crippen molar-refractivity contribution in [3.8, 4) is 0 Å². The molecule has 0 heterocycles. The molecule has 1 aromatic carbocycles. The van der Waals surface area contributed by atoms with Crippen LogP contribution in [-0.4, -0.2) is 43.4 Å². The van der Waals surface area contributed by atoms with E-state index in [2.05, 4.69) is 0 Å². The van der Waals surface area contributed by atoms with Gasteiger partial charge in [0.2, 0.25) is 0 Å². The van der Waals surface area contributed by atoms with Gasteiger partial charge in [-0.25, -0.2) is 8.78 Å². The van der Waals surface area contributed by atoms with Gasteiger partial charge in [0.1, 0.15) is 0 Å². The topological polar surface area (TPSA) is 32.7 Å². The number of aliphatic hydroxyl groups is 1. The highest BCUT2D eigenvalue weighted by Gasteiger charge is 2.11. The van der Waals surface area contributed by atoms with Crippen LogP contribution < -0.4 is 0 Å². The first-order valence-electron chi connectivity index (χ1n) is 5.44. The molecular weight excluding hydrogens is 228 g/mol. The molecule has 0 aliphatic carbocycles. The molecule has 0 spiro atoms. The van der Waals surface area contributed by atoms with E-state index >= 15 is 0 Å². The van der Waals surface area contributed by atoms with Crippen LogP contribution in [0, 0.1) is 11.6 Å². The summed E-state index contributed by atoms with van der Waals surface area (Å²) in [7, 11) is 1.57. The van der Waals surface area contributed by atoms with Crippen molar-refractivity contribution >= 4 is 0 Å². The molecule has 0 radical (unpaired) electrons. The van der Waals surface area contributed by atoms with E-state index in [4.69, 9.17) is 9.84 Å². The van der Waals surface area contributed by atoms with Crippen molar-refractivity contribution in [2.24, 2.45) is 0 Å². The highest BCUT2D eigenvalue weighted by molar-refractivity contribution is 5.18. The van der Waals surface area contributed by atoms with Gasteiger partial charge in [-0.15, -0.1) is 0 Å². The zero-order valence-corrected chi connectivity index (χ0v) is 9.83. The van der Waals surface area contributed by atoms with Crippen LogP contribution in [0.25, 0.3) is 0 Å². The molecule has 0 unspecified atom stereocenters. The van der Waals surface area contributed by atoms with Crippen LogP contribution in [0.3, 0.4) is 0 Å². The molecule has 5 heteroatoms. The van der Waals surface area contributed by atoms with Crippen LogP contribution >= 0.6 is 0 Å². The molecule has 96 valence electrons. The molecule has 1 aromatic rings. The third-order valence-corrected chi connectivity index (χ3v) is 2.45. The summed E-state index contributed by atoms with van der Waals surface area (Å²) in [5.41, 5.74) is 0.287. The van der Waals surface area contributed by atoms with Gasteiger partial charge in [0.25, 0.3) is 0 Å². The Morgan fingerprint density at radius 1 is 1.29 bits per heavy atom. The zero-order chi connectivity index (χ0) is 12.7. The van der Waals surface area contributed by atoms with Gasteiger partial charge in [-0.3, -0.25) is 4.90 Å². The summed E-state index contributed by atoms with van der Waals surface area (Å²) < 4.78 is 31.3. The van der Waals surface area contributed by atoms with Gasteiger partial charge < -0.3 is 9.84 Å². The number of benzene rings is 1. The summed E-state index contributed by atoms with van der Waals surface area (Å²) in [6.07, 6.45) is 0. The Kier molecular flexibility index (Phi) is 6.04. The van der Waals surface area contributed by atoms with Crippen molar-refractivity contribution in [3.63, 3.8) is 0 Å². The summed E-state index contributed by atoms with van der Waals surface area (Å²) in [4.78, 5) is 1.81. The normalized spacial score (nSPS) is 11.1. The molecule has 1 rings (SSSR count). The maximum absolute atomic E-state index is 13.4. The molecule has 0 bridgehead atoms. The molecule has 0 saturated carbocycles. The average Bonchev–Trinajstić information content (AvgIpc) is 2.32. The third-order valence-electron chi connectivity index (χ3n) is 2.45. The molecule has 0 aliphatic rings. The van der Waals surface area contributed by atoms with Gasteiger partial charge in [0, 0.05) is 32.3 Å². The van der Waals surface area contributed by atoms with Gasteiger partial charge >= 0.3 is 0 Å². The van der Waals surface area contributed by atoms with Crippen molar-refractivity contribution in [3.05, 3.63) is 35.4 Å². The SMILES string of the molecule is COCCN(CCO)Cc1cccc(F)c1F. The van der Waals surface area contributed by atoms with E-state index < -0.39 is 11.6 Å². The molecular formula is C12H17F2NO2. The lowest BCUT2D eigenvalue weighted by molar-refractivity contribution is 0.126. The lowest BCUT2D eigenvalue weighted by Gasteiger charge is -2.21. The predicted octanol–water partition coefficient (Wildman–Crippen LogP) is 1.41. The standard InChI is InChI=1S/C12H17F2NO2/c1-17-8-6-15(5-7-16)9-10-3-2-4-11(13)12(10)14/h2-4,16H,5-9H2,1H3. The van der Waals surface area contributed by atoms with E-state index in [1.54, 1.807) is 12.0 Å². The number of methoxy groups -OCH3 is 1. The Morgan fingerprint density at radius 3 is 2.71 bits per heavy atom. The van der Waals surface area contributed by atoms with Gasteiger partial charge in [0.05, 0.1) is 13.2 Å². The second kappa shape index (κ2) is 7.32. The average molecular weight is 245 g/mol. The Bertz CT molecular complexity index is 347. The highest BCUT2D eigenvalue weighted by atomic mass is 19.2. The van der Waals surface area contributed by atoms with Crippen LogP contribution in [0.15, 0.2) is 18.2 Å². The van der Waals surface area contributed by atoms with Crippen LogP contribution in [0.1, 0.15) is 5.56 Å². The second-order valence-corrected chi connectivity index (χ2v) is 3.71. The molecule has 0 atom stereocenters. The number of halogens is 2. The Morgan fingerprint density at radius 2 is 2.06 bits per heavy atom. The highest BCUT2D eigenvalue weighted by Crippen LogP contribution is 2.13. The van der Waals surface area contributed by atoms with Gasteiger partial charge in [-0.1, -0.05) is 12.1 Å². The number of nitrogens with zero attached hydrogens (tertiary/aromatic N) is 1. The van der Waals surface area contributed by atoms with E-state index in [0.29, 0.717) is 19.7 Å². The molecule has 0 aliphatic heterocycles. The predicted molar refractivity (Wildman–Crippen MR) is 60.6 cm³/mol. The summed E-state index contributed by atoms with van der Waals surface area (Å²) >= 11 is 0.